The molecule has 2 heterocycles. The van der Waals surface area contributed by atoms with Crippen molar-refractivity contribution in [2.24, 2.45) is 0 Å². The minimum absolute atomic E-state index is 0.502. The van der Waals surface area contributed by atoms with Gasteiger partial charge in [0.2, 0.25) is 11.8 Å². The molecule has 0 unspecified atom stereocenters. The Balaban J connectivity index is 2.00. The Labute approximate surface area is 122 Å². The lowest BCUT2D eigenvalue weighted by molar-refractivity contribution is 0.465. The number of fused-ring (bicyclic) bond motifs is 1. The summed E-state index contributed by atoms with van der Waals surface area (Å²) in [6, 6.07) is 7.83. The number of aromatic nitrogens is 4. The quantitative estimate of drug-likeness (QED) is 0.751. The molecule has 0 saturated carbocycles. The van der Waals surface area contributed by atoms with E-state index in [2.05, 4.69) is 32.4 Å². The third-order valence-corrected chi connectivity index (χ3v) is 3.11. The van der Waals surface area contributed by atoms with Crippen molar-refractivity contribution in [2.45, 2.75) is 20.3 Å². The molecule has 6 heteroatoms. The van der Waals surface area contributed by atoms with E-state index in [0.29, 0.717) is 17.5 Å². The van der Waals surface area contributed by atoms with E-state index in [1.807, 2.05) is 31.2 Å². The van der Waals surface area contributed by atoms with Gasteiger partial charge >= 0.3 is 0 Å². The molecule has 0 fully saturated rings. The highest BCUT2D eigenvalue weighted by Gasteiger charge is 2.12. The van der Waals surface area contributed by atoms with Gasteiger partial charge < -0.3 is 10.1 Å². The number of aryl methyl sites for hydroxylation is 1. The summed E-state index contributed by atoms with van der Waals surface area (Å²) in [7, 11) is 0. The Kier molecular flexibility index (Phi) is 3.68. The van der Waals surface area contributed by atoms with Crippen LogP contribution in [0.1, 0.15) is 18.9 Å². The molecule has 108 valence electrons. The van der Waals surface area contributed by atoms with Gasteiger partial charge in [-0.2, -0.15) is 15.1 Å². The maximum Gasteiger partial charge on any atom is 0.235 e. The number of ether oxygens (including phenoxy) is 1. The van der Waals surface area contributed by atoms with Crippen molar-refractivity contribution < 1.29 is 4.74 Å². The second kappa shape index (κ2) is 5.78. The number of rotatable bonds is 5. The molecule has 0 amide bonds. The van der Waals surface area contributed by atoms with E-state index in [0.717, 1.165) is 29.7 Å². The molecular weight excluding hydrogens is 266 g/mol. The minimum atomic E-state index is 0.502. The van der Waals surface area contributed by atoms with Crippen LogP contribution in [-0.2, 0) is 0 Å². The molecule has 3 rings (SSSR count). The Morgan fingerprint density at radius 2 is 2.10 bits per heavy atom. The first-order valence-electron chi connectivity index (χ1n) is 6.96. The van der Waals surface area contributed by atoms with E-state index in [-0.39, 0.29) is 0 Å². The van der Waals surface area contributed by atoms with Crippen LogP contribution in [0.3, 0.4) is 0 Å². The van der Waals surface area contributed by atoms with Gasteiger partial charge in [0, 0.05) is 6.54 Å². The maximum atomic E-state index is 5.95. The first-order valence-corrected chi connectivity index (χ1v) is 6.96. The Bertz CT molecular complexity index is 753. The molecule has 0 radical (unpaired) electrons. The molecule has 21 heavy (non-hydrogen) atoms. The molecule has 2 aromatic heterocycles. The van der Waals surface area contributed by atoms with Gasteiger partial charge in [0.25, 0.3) is 0 Å². The smallest absolute Gasteiger partial charge is 0.235 e. The van der Waals surface area contributed by atoms with Crippen molar-refractivity contribution in [3.8, 4) is 11.6 Å². The van der Waals surface area contributed by atoms with Crippen LogP contribution in [0.4, 0.5) is 5.95 Å². The number of hydrogen-bond acceptors (Lipinski definition) is 5. The lowest BCUT2D eigenvalue weighted by Crippen LogP contribution is -2.05. The summed E-state index contributed by atoms with van der Waals surface area (Å²) in [6.45, 7) is 4.90. The largest absolute Gasteiger partial charge is 0.438 e. The molecule has 0 atom stereocenters. The average molecular weight is 283 g/mol. The van der Waals surface area contributed by atoms with E-state index in [1.54, 1.807) is 6.20 Å². The highest BCUT2D eigenvalue weighted by molar-refractivity contribution is 5.81. The normalized spacial score (nSPS) is 10.8. The SMILES string of the molecule is CCCNc1nc(Oc2ccccc2C)c2cn[nH]c2n1. The van der Waals surface area contributed by atoms with Crippen molar-refractivity contribution in [3.63, 3.8) is 0 Å². The summed E-state index contributed by atoms with van der Waals surface area (Å²) in [5, 5.41) is 10.8. The van der Waals surface area contributed by atoms with Gasteiger partial charge in [0.05, 0.1) is 6.20 Å². The lowest BCUT2D eigenvalue weighted by atomic mass is 10.2. The van der Waals surface area contributed by atoms with E-state index >= 15 is 0 Å². The zero-order chi connectivity index (χ0) is 14.7. The van der Waals surface area contributed by atoms with Crippen LogP contribution in [0.2, 0.25) is 0 Å². The van der Waals surface area contributed by atoms with Gasteiger partial charge in [-0.1, -0.05) is 25.1 Å². The Hall–Kier alpha value is -2.63. The molecule has 0 aliphatic rings. The van der Waals surface area contributed by atoms with Crippen LogP contribution in [0.5, 0.6) is 11.6 Å². The van der Waals surface area contributed by atoms with Crippen molar-refractivity contribution in [1.82, 2.24) is 20.2 Å². The maximum absolute atomic E-state index is 5.95. The van der Waals surface area contributed by atoms with Crippen molar-refractivity contribution in [3.05, 3.63) is 36.0 Å². The second-order valence-electron chi connectivity index (χ2n) is 4.78. The number of hydrogen-bond donors (Lipinski definition) is 2. The second-order valence-corrected chi connectivity index (χ2v) is 4.78. The predicted octanol–water partition coefficient (Wildman–Crippen LogP) is 3.28. The molecule has 1 aromatic carbocycles. The fraction of sp³-hybridized carbons (Fsp3) is 0.267. The lowest BCUT2D eigenvalue weighted by Gasteiger charge is -2.10. The molecule has 0 aliphatic carbocycles. The van der Waals surface area contributed by atoms with Crippen molar-refractivity contribution >= 4 is 17.0 Å². The summed E-state index contributed by atoms with van der Waals surface area (Å²) in [5.74, 6) is 1.82. The summed E-state index contributed by atoms with van der Waals surface area (Å²) in [5.41, 5.74) is 1.71. The average Bonchev–Trinajstić information content (AvgIpc) is 2.96. The zero-order valence-electron chi connectivity index (χ0n) is 12.1. The highest BCUT2D eigenvalue weighted by Crippen LogP contribution is 2.29. The molecule has 3 aromatic rings. The fourth-order valence-corrected chi connectivity index (χ4v) is 1.98. The van der Waals surface area contributed by atoms with Gasteiger partial charge in [-0.25, -0.2) is 0 Å². The molecule has 6 nitrogen and oxygen atoms in total. The van der Waals surface area contributed by atoms with E-state index in [4.69, 9.17) is 4.74 Å². The third-order valence-electron chi connectivity index (χ3n) is 3.11. The first-order chi connectivity index (χ1) is 10.3. The van der Waals surface area contributed by atoms with Crippen molar-refractivity contribution in [2.75, 3.05) is 11.9 Å². The van der Waals surface area contributed by atoms with Gasteiger partial charge in [-0.3, -0.25) is 5.10 Å². The molecule has 0 bridgehead atoms. The van der Waals surface area contributed by atoms with E-state index in [9.17, 15) is 0 Å². The Morgan fingerprint density at radius 1 is 1.24 bits per heavy atom. The molecular formula is C15H17N5O. The van der Waals surface area contributed by atoms with Crippen LogP contribution in [-0.4, -0.2) is 26.7 Å². The predicted molar refractivity (Wildman–Crippen MR) is 81.7 cm³/mol. The van der Waals surface area contributed by atoms with Crippen LogP contribution < -0.4 is 10.1 Å². The third kappa shape index (κ3) is 2.79. The van der Waals surface area contributed by atoms with Crippen molar-refractivity contribution in [1.29, 1.82) is 0 Å². The topological polar surface area (TPSA) is 75.7 Å². The minimum Gasteiger partial charge on any atom is -0.438 e. The van der Waals surface area contributed by atoms with Gasteiger partial charge in [-0.15, -0.1) is 0 Å². The Morgan fingerprint density at radius 3 is 2.90 bits per heavy atom. The first kappa shape index (κ1) is 13.4. The van der Waals surface area contributed by atoms with Gasteiger partial charge in [0.1, 0.15) is 11.1 Å². The standard InChI is InChI=1S/C15H17N5O/c1-3-8-16-15-18-13-11(9-17-20-13)14(19-15)21-12-7-5-4-6-10(12)2/h4-7,9H,3,8H2,1-2H3,(H2,16,17,18,19,20). The number of nitrogens with one attached hydrogen (secondary N) is 2. The highest BCUT2D eigenvalue weighted by atomic mass is 16.5. The summed E-state index contributed by atoms with van der Waals surface area (Å²) in [4.78, 5) is 8.82. The zero-order valence-corrected chi connectivity index (χ0v) is 12.1. The van der Waals surface area contributed by atoms with Gasteiger partial charge in [0.15, 0.2) is 5.65 Å². The van der Waals surface area contributed by atoms with E-state index in [1.165, 1.54) is 0 Å². The molecule has 0 saturated heterocycles. The molecule has 2 N–H and O–H groups in total. The number of para-hydroxylation sites is 1. The number of anilines is 1. The van der Waals surface area contributed by atoms with Crippen LogP contribution in [0, 0.1) is 6.92 Å². The fourth-order valence-electron chi connectivity index (χ4n) is 1.98. The number of H-pyrrole nitrogens is 1. The molecule has 0 spiro atoms. The van der Waals surface area contributed by atoms with E-state index < -0.39 is 0 Å². The summed E-state index contributed by atoms with van der Waals surface area (Å²) < 4.78 is 5.95. The van der Waals surface area contributed by atoms with Crippen LogP contribution in [0.25, 0.3) is 11.0 Å². The summed E-state index contributed by atoms with van der Waals surface area (Å²) >= 11 is 0. The molecule has 0 aliphatic heterocycles. The number of aromatic amines is 1. The van der Waals surface area contributed by atoms with Gasteiger partial charge in [-0.05, 0) is 25.0 Å². The monoisotopic (exact) mass is 283 g/mol. The number of benzene rings is 1. The summed E-state index contributed by atoms with van der Waals surface area (Å²) in [6.07, 6.45) is 2.67. The van der Waals surface area contributed by atoms with Crippen LogP contribution >= 0.6 is 0 Å². The van der Waals surface area contributed by atoms with Crippen LogP contribution in [0.15, 0.2) is 30.5 Å². The number of nitrogens with zero attached hydrogens (tertiary/aromatic N) is 3.